The lowest BCUT2D eigenvalue weighted by Crippen LogP contribution is -2.07. The summed E-state index contributed by atoms with van der Waals surface area (Å²) in [6.07, 6.45) is -4.53. The Morgan fingerprint density at radius 3 is 2.36 bits per heavy atom. The van der Waals surface area contributed by atoms with Gasteiger partial charge in [-0.2, -0.15) is 13.2 Å². The van der Waals surface area contributed by atoms with E-state index in [1.165, 1.54) is 0 Å². The van der Waals surface area contributed by atoms with Crippen LogP contribution in [0.5, 0.6) is 0 Å². The molecule has 2 nitrogen and oxygen atoms in total. The van der Waals surface area contributed by atoms with Crippen LogP contribution in [-0.4, -0.2) is 8.76 Å². The van der Waals surface area contributed by atoms with Crippen LogP contribution in [0.3, 0.4) is 0 Å². The first-order valence-corrected chi connectivity index (χ1v) is 5.20. The van der Waals surface area contributed by atoms with Crippen molar-refractivity contribution in [3.63, 3.8) is 0 Å². The Morgan fingerprint density at radius 2 is 1.93 bits per heavy atom. The lowest BCUT2D eigenvalue weighted by molar-refractivity contribution is -0.138. The van der Waals surface area contributed by atoms with Crippen molar-refractivity contribution < 1.29 is 21.9 Å². The van der Waals surface area contributed by atoms with Gasteiger partial charge in [0.2, 0.25) is 0 Å². The van der Waals surface area contributed by atoms with E-state index in [4.69, 9.17) is 4.55 Å². The summed E-state index contributed by atoms with van der Waals surface area (Å²) in [5.74, 6) is 0. The van der Waals surface area contributed by atoms with Crippen LogP contribution in [0.2, 0.25) is 0 Å². The van der Waals surface area contributed by atoms with E-state index in [-0.39, 0.29) is 4.90 Å². The molecule has 0 bridgehead atoms. The molecule has 7 heteroatoms. The van der Waals surface area contributed by atoms with Gasteiger partial charge in [0.1, 0.15) is 0 Å². The van der Waals surface area contributed by atoms with Crippen LogP contribution in [0.1, 0.15) is 5.56 Å². The molecule has 1 rings (SSSR count). The molecule has 1 unspecified atom stereocenters. The summed E-state index contributed by atoms with van der Waals surface area (Å²) < 4.78 is 55.7. The molecule has 0 aliphatic heterocycles. The fraction of sp³-hybridized carbons (Fsp3) is 0.143. The summed E-state index contributed by atoms with van der Waals surface area (Å²) in [7, 11) is 0. The Kier molecular flexibility index (Phi) is 3.33. The summed E-state index contributed by atoms with van der Waals surface area (Å²) >= 11 is 0.212. The molecule has 78 valence electrons. The third kappa shape index (κ3) is 2.34. The maximum absolute atomic E-state index is 12.3. The lowest BCUT2D eigenvalue weighted by Gasteiger charge is -2.10. The lowest BCUT2D eigenvalue weighted by atomic mass is 10.2. The Labute approximate surface area is 88.5 Å². The highest BCUT2D eigenvalue weighted by Gasteiger charge is 2.34. The molecule has 0 aromatic heterocycles. The van der Waals surface area contributed by atoms with Gasteiger partial charge in [-0.3, -0.25) is 0 Å². The highest BCUT2D eigenvalue weighted by atomic mass is 79.9. The largest absolute Gasteiger partial charge is 0.417 e. The molecule has 0 radical (unpaired) electrons. The molecule has 0 spiro atoms. The maximum Gasteiger partial charge on any atom is 0.417 e. The standard InChI is InChI=1S/C7H4BrF3O2S/c8-6-4(7(9,10)11)2-1-3-5(6)14(12)13/h1-3H,(H,12,13). The van der Waals surface area contributed by atoms with Crippen molar-refractivity contribution in [2.45, 2.75) is 11.1 Å². The summed E-state index contributed by atoms with van der Waals surface area (Å²) in [6, 6.07) is 3.06. The zero-order valence-electron chi connectivity index (χ0n) is 6.51. The summed E-state index contributed by atoms with van der Waals surface area (Å²) in [5.41, 5.74) is -0.961. The molecular formula is C7H4BrF3O2S. The number of hydrogen-bond donors (Lipinski definition) is 1. The summed E-state index contributed by atoms with van der Waals surface area (Å²) in [5, 5.41) is 0. The van der Waals surface area contributed by atoms with Crippen molar-refractivity contribution in [2.24, 2.45) is 0 Å². The van der Waals surface area contributed by atoms with Gasteiger partial charge in [-0.15, -0.1) is 0 Å². The highest BCUT2D eigenvalue weighted by molar-refractivity contribution is 9.10. The first kappa shape index (κ1) is 11.7. The topological polar surface area (TPSA) is 37.3 Å². The second-order valence-electron chi connectivity index (χ2n) is 2.36. The average molecular weight is 289 g/mol. The molecule has 0 aliphatic rings. The van der Waals surface area contributed by atoms with Crippen LogP contribution >= 0.6 is 15.9 Å². The van der Waals surface area contributed by atoms with Gasteiger partial charge in [0.25, 0.3) is 0 Å². The van der Waals surface area contributed by atoms with E-state index in [0.29, 0.717) is 0 Å². The van der Waals surface area contributed by atoms with Crippen LogP contribution < -0.4 is 0 Å². The Bertz CT molecular complexity index is 378. The second-order valence-corrected chi connectivity index (χ2v) is 4.10. The third-order valence-corrected chi connectivity index (χ3v) is 3.29. The van der Waals surface area contributed by atoms with E-state index in [1.807, 2.05) is 0 Å². The zero-order valence-corrected chi connectivity index (χ0v) is 8.91. The van der Waals surface area contributed by atoms with Crippen molar-refractivity contribution in [1.82, 2.24) is 0 Å². The maximum atomic E-state index is 12.3. The minimum absolute atomic E-state index is 0.292. The van der Waals surface area contributed by atoms with Crippen molar-refractivity contribution in [2.75, 3.05) is 0 Å². The number of hydrogen-bond acceptors (Lipinski definition) is 1. The van der Waals surface area contributed by atoms with Gasteiger partial charge in [-0.05, 0) is 28.1 Å². The molecule has 0 heterocycles. The quantitative estimate of drug-likeness (QED) is 0.807. The first-order valence-electron chi connectivity index (χ1n) is 3.30. The SMILES string of the molecule is O=S(O)c1cccc(C(F)(F)F)c1Br. The number of halogens is 4. The first-order chi connectivity index (χ1) is 6.34. The number of alkyl halides is 3. The average Bonchev–Trinajstić information content (AvgIpc) is 2.01. The predicted octanol–water partition coefficient (Wildman–Crippen LogP) is 3.05. The third-order valence-electron chi connectivity index (χ3n) is 1.46. The zero-order chi connectivity index (χ0) is 10.9. The molecular weight excluding hydrogens is 285 g/mol. The van der Waals surface area contributed by atoms with Crippen molar-refractivity contribution in [3.8, 4) is 0 Å². The van der Waals surface area contributed by atoms with Crippen molar-refractivity contribution in [1.29, 1.82) is 0 Å². The Hall–Kier alpha value is -0.400. The van der Waals surface area contributed by atoms with Crippen LogP contribution in [-0.2, 0) is 17.3 Å². The van der Waals surface area contributed by atoms with Gasteiger partial charge in [0.15, 0.2) is 11.1 Å². The Morgan fingerprint density at radius 1 is 1.36 bits per heavy atom. The molecule has 0 fully saturated rings. The van der Waals surface area contributed by atoms with Gasteiger partial charge in [0, 0.05) is 4.47 Å². The molecule has 1 aromatic rings. The van der Waals surface area contributed by atoms with E-state index in [1.54, 1.807) is 0 Å². The van der Waals surface area contributed by atoms with E-state index >= 15 is 0 Å². The summed E-state index contributed by atoms with van der Waals surface area (Å²) in [6.45, 7) is 0. The number of benzene rings is 1. The van der Waals surface area contributed by atoms with Gasteiger partial charge in [0.05, 0.1) is 10.5 Å². The molecule has 1 N–H and O–H groups in total. The normalized spacial score (nSPS) is 14.1. The van der Waals surface area contributed by atoms with Crippen molar-refractivity contribution >= 4 is 27.0 Å². The highest BCUT2D eigenvalue weighted by Crippen LogP contribution is 2.37. The van der Waals surface area contributed by atoms with Gasteiger partial charge >= 0.3 is 6.18 Å². The summed E-state index contributed by atoms with van der Waals surface area (Å²) in [4.78, 5) is -0.292. The van der Waals surface area contributed by atoms with Gasteiger partial charge in [-0.1, -0.05) is 6.07 Å². The molecule has 0 aliphatic carbocycles. The fourth-order valence-corrected chi connectivity index (χ4v) is 2.23. The van der Waals surface area contributed by atoms with E-state index in [2.05, 4.69) is 15.9 Å². The predicted molar refractivity (Wildman–Crippen MR) is 48.2 cm³/mol. The van der Waals surface area contributed by atoms with Gasteiger partial charge in [-0.25, -0.2) is 4.21 Å². The molecule has 0 saturated carbocycles. The van der Waals surface area contributed by atoms with E-state index in [9.17, 15) is 17.4 Å². The molecule has 0 saturated heterocycles. The van der Waals surface area contributed by atoms with Crippen LogP contribution in [0, 0.1) is 0 Å². The fourth-order valence-electron chi connectivity index (χ4n) is 0.865. The minimum Gasteiger partial charge on any atom is -0.302 e. The van der Waals surface area contributed by atoms with Crippen LogP contribution in [0.15, 0.2) is 27.6 Å². The van der Waals surface area contributed by atoms with Gasteiger partial charge < -0.3 is 4.55 Å². The van der Waals surface area contributed by atoms with Crippen molar-refractivity contribution in [3.05, 3.63) is 28.2 Å². The number of rotatable bonds is 1. The second kappa shape index (κ2) is 4.00. The monoisotopic (exact) mass is 288 g/mol. The van der Waals surface area contributed by atoms with Crippen LogP contribution in [0.4, 0.5) is 13.2 Å². The molecule has 0 amide bonds. The van der Waals surface area contributed by atoms with Crippen LogP contribution in [0.25, 0.3) is 0 Å². The smallest absolute Gasteiger partial charge is 0.302 e. The minimum atomic E-state index is -4.53. The molecule has 14 heavy (non-hydrogen) atoms. The molecule has 1 aromatic carbocycles. The van der Waals surface area contributed by atoms with E-state index < -0.39 is 27.3 Å². The Balaban J connectivity index is 3.35. The van der Waals surface area contributed by atoms with E-state index in [0.717, 1.165) is 18.2 Å². The molecule has 1 atom stereocenters.